The molecule has 0 saturated carbocycles. The molecule has 0 radical (unpaired) electrons. The van der Waals surface area contributed by atoms with Gasteiger partial charge in [-0.15, -0.1) is 0 Å². The first-order valence-corrected chi connectivity index (χ1v) is 26.2. The van der Waals surface area contributed by atoms with Crippen LogP contribution in [0.2, 0.25) is 0 Å². The molecule has 2 aromatic rings. The molecule has 9 atom stereocenters. The molecule has 0 aromatic heterocycles. The Morgan fingerprint density at radius 2 is 0.802 bits per heavy atom. The normalized spacial score (nSPS) is 14.3. The molecular formula is C52H80N16O13. The number of nitrogens with one attached hydrogen (secondary N) is 8. The summed E-state index contributed by atoms with van der Waals surface area (Å²) in [5.41, 5.74) is 34.2. The summed E-state index contributed by atoms with van der Waals surface area (Å²) in [5, 5.41) is 39.5. The Labute approximate surface area is 469 Å². The molecular weight excluding hydrogens is 1060 g/mol. The van der Waals surface area contributed by atoms with Crippen LogP contribution in [0.5, 0.6) is 0 Å². The van der Waals surface area contributed by atoms with Crippen LogP contribution in [0.25, 0.3) is 0 Å². The highest BCUT2D eigenvalue weighted by Gasteiger charge is 2.36. The number of primary amides is 1. The van der Waals surface area contributed by atoms with Gasteiger partial charge in [-0.1, -0.05) is 88.4 Å². The van der Waals surface area contributed by atoms with E-state index in [1.807, 2.05) is 0 Å². The molecule has 2 aromatic carbocycles. The maximum absolute atomic E-state index is 14.3. The van der Waals surface area contributed by atoms with Crippen LogP contribution in [0.1, 0.15) is 90.7 Å². The predicted octanol–water partition coefficient (Wildman–Crippen LogP) is -4.06. The van der Waals surface area contributed by atoms with Crippen LogP contribution in [-0.2, 0) is 65.6 Å². The lowest BCUT2D eigenvalue weighted by Crippen LogP contribution is -2.61. The second-order valence-electron chi connectivity index (χ2n) is 20.0. The number of carbonyl (C=O) groups is 11. The Kier molecular flexibility index (Phi) is 29.4. The summed E-state index contributed by atoms with van der Waals surface area (Å²) < 4.78 is 0. The number of guanidine groups is 2. The van der Waals surface area contributed by atoms with Crippen molar-refractivity contribution in [1.82, 2.24) is 42.5 Å². The number of nitrogens with two attached hydrogens (primary N) is 6. The van der Waals surface area contributed by atoms with Crippen molar-refractivity contribution in [2.45, 2.75) is 147 Å². The van der Waals surface area contributed by atoms with Crippen molar-refractivity contribution in [3.63, 3.8) is 0 Å². The molecule has 0 unspecified atom stereocenters. The van der Waals surface area contributed by atoms with Gasteiger partial charge in [0.05, 0.1) is 18.9 Å². The third kappa shape index (κ3) is 26.5. The summed E-state index contributed by atoms with van der Waals surface area (Å²) >= 11 is 0. The lowest BCUT2D eigenvalue weighted by molar-refractivity contribution is -0.143. The van der Waals surface area contributed by atoms with E-state index in [4.69, 9.17) is 34.4 Å². The van der Waals surface area contributed by atoms with Crippen molar-refractivity contribution in [3.05, 3.63) is 71.8 Å². The van der Waals surface area contributed by atoms with Crippen LogP contribution >= 0.6 is 0 Å². The lowest BCUT2D eigenvalue weighted by Gasteiger charge is -2.28. The highest BCUT2D eigenvalue weighted by molar-refractivity contribution is 6.00. The van der Waals surface area contributed by atoms with Crippen LogP contribution in [-0.4, -0.2) is 155 Å². The van der Waals surface area contributed by atoms with Crippen LogP contribution in [0, 0.1) is 11.8 Å². The molecule has 81 heavy (non-hydrogen) atoms. The van der Waals surface area contributed by atoms with Gasteiger partial charge < -0.3 is 87.1 Å². The van der Waals surface area contributed by atoms with Crippen LogP contribution in [0.15, 0.2) is 70.6 Å². The number of nitrogens with zero attached hydrogens (tertiary/aromatic N) is 2. The molecule has 2 rings (SSSR count). The van der Waals surface area contributed by atoms with E-state index in [0.29, 0.717) is 11.1 Å². The highest BCUT2D eigenvalue weighted by atomic mass is 16.4. The summed E-state index contributed by atoms with van der Waals surface area (Å²) in [7, 11) is 0. The van der Waals surface area contributed by atoms with Crippen molar-refractivity contribution in [3.8, 4) is 0 Å². The van der Waals surface area contributed by atoms with Crippen LogP contribution in [0.4, 0.5) is 0 Å². The Hall–Kier alpha value is -8.89. The number of carboxylic acids is 2. The Bertz CT molecular complexity index is 2520. The number of carbonyl (C=O) groups excluding carboxylic acids is 9. The SMILES string of the molecule is CC(C)C[C@H](NC(=O)[C@H](CC(=O)O)NC(=O)[C@H](CC(N)=O)NC(=O)[C@H](Cc1ccccc1)NC(=O)[C@H](CCCN=C(N)N)NC(=O)[C@H](C)N)C(=O)N[C@@H](CCCN=C(N)N)C(=O)N[C@@H](Cc1ccccc1)C(=O)N[C@H](C(=O)O)C(C)C. The van der Waals surface area contributed by atoms with E-state index in [-0.39, 0.29) is 75.9 Å². The monoisotopic (exact) mass is 1140 g/mol. The largest absolute Gasteiger partial charge is 0.481 e. The number of aliphatic carboxylic acids is 2. The average Bonchev–Trinajstić information content (AvgIpc) is 3.40. The van der Waals surface area contributed by atoms with Gasteiger partial charge in [0.15, 0.2) is 11.9 Å². The second kappa shape index (κ2) is 34.9. The molecule has 0 bridgehead atoms. The van der Waals surface area contributed by atoms with E-state index in [1.165, 1.54) is 6.92 Å². The van der Waals surface area contributed by atoms with Gasteiger partial charge in [0.2, 0.25) is 53.2 Å². The van der Waals surface area contributed by atoms with E-state index in [9.17, 15) is 63.0 Å². The molecule has 0 aliphatic rings. The maximum atomic E-state index is 14.3. The zero-order chi connectivity index (χ0) is 60.9. The number of aliphatic imine (C=N–C) groups is 2. The summed E-state index contributed by atoms with van der Waals surface area (Å²) in [4.78, 5) is 156. The zero-order valence-corrected chi connectivity index (χ0v) is 46.1. The third-order valence-corrected chi connectivity index (χ3v) is 12.0. The molecule has 9 amide bonds. The van der Waals surface area contributed by atoms with E-state index in [1.54, 1.807) is 88.4 Å². The fourth-order valence-electron chi connectivity index (χ4n) is 7.86. The van der Waals surface area contributed by atoms with Gasteiger partial charge in [-0.05, 0) is 62.0 Å². The third-order valence-electron chi connectivity index (χ3n) is 12.0. The van der Waals surface area contributed by atoms with Crippen molar-refractivity contribution in [2.24, 2.45) is 56.2 Å². The number of benzene rings is 2. The number of hydrogen-bond acceptors (Lipinski definition) is 14. The lowest BCUT2D eigenvalue weighted by atomic mass is 10.00. The summed E-state index contributed by atoms with van der Waals surface area (Å²) in [5.74, 6) is -13.3. The molecule has 0 fully saturated rings. The summed E-state index contributed by atoms with van der Waals surface area (Å²) in [6.45, 7) is 7.99. The fraction of sp³-hybridized carbons (Fsp3) is 0.519. The highest BCUT2D eigenvalue weighted by Crippen LogP contribution is 2.13. The van der Waals surface area contributed by atoms with Crippen molar-refractivity contribution < 1.29 is 63.0 Å². The molecule has 0 saturated heterocycles. The minimum absolute atomic E-state index is 0.00956. The molecule has 446 valence electrons. The topological polar surface area (TPSA) is 505 Å². The minimum Gasteiger partial charge on any atom is -0.481 e. The number of carboxylic acid groups (broad SMARTS) is 2. The Morgan fingerprint density at radius 1 is 0.457 bits per heavy atom. The molecule has 0 aliphatic carbocycles. The summed E-state index contributed by atoms with van der Waals surface area (Å²) in [6, 6.07) is 3.36. The van der Waals surface area contributed by atoms with E-state index >= 15 is 0 Å². The average molecular weight is 1140 g/mol. The van der Waals surface area contributed by atoms with Gasteiger partial charge in [0.1, 0.15) is 48.3 Å². The number of amides is 9. The first kappa shape index (κ1) is 68.2. The number of hydrogen-bond donors (Lipinski definition) is 16. The molecule has 0 aliphatic heterocycles. The van der Waals surface area contributed by atoms with Gasteiger partial charge in [0.25, 0.3) is 0 Å². The Balaban J connectivity index is 2.52. The van der Waals surface area contributed by atoms with Gasteiger partial charge in [0, 0.05) is 25.9 Å². The molecule has 0 spiro atoms. The second-order valence-corrected chi connectivity index (χ2v) is 20.0. The van der Waals surface area contributed by atoms with Crippen LogP contribution in [0.3, 0.4) is 0 Å². The van der Waals surface area contributed by atoms with Crippen molar-refractivity contribution >= 4 is 77.0 Å². The predicted molar refractivity (Wildman–Crippen MR) is 297 cm³/mol. The minimum atomic E-state index is -1.99. The molecule has 0 heterocycles. The van der Waals surface area contributed by atoms with E-state index in [0.717, 1.165) is 0 Å². The van der Waals surface area contributed by atoms with Crippen LogP contribution < -0.4 is 76.9 Å². The quantitative estimate of drug-likeness (QED) is 0.0175. The maximum Gasteiger partial charge on any atom is 0.326 e. The van der Waals surface area contributed by atoms with Gasteiger partial charge in [-0.25, -0.2) is 4.79 Å². The molecule has 29 heteroatoms. The van der Waals surface area contributed by atoms with E-state index < -0.39 is 138 Å². The molecule has 22 N–H and O–H groups in total. The first-order valence-electron chi connectivity index (χ1n) is 26.2. The van der Waals surface area contributed by atoms with Crippen molar-refractivity contribution in [2.75, 3.05) is 13.1 Å². The van der Waals surface area contributed by atoms with E-state index in [2.05, 4.69) is 52.5 Å². The van der Waals surface area contributed by atoms with Gasteiger partial charge in [-0.2, -0.15) is 0 Å². The zero-order valence-electron chi connectivity index (χ0n) is 46.1. The standard InChI is InChI=1S/C52H80N16O13/c1-27(2)22-34(45(75)62-33(19-13-21-60-52(57)58)44(74)65-36(24-31-16-10-7-11-17-31)49(79)68-41(28(3)4)50(80)81)63-48(78)38(26-40(70)71)67-47(77)37(25-39(54)69)66-46(76)35(23-30-14-8-6-9-15-30)64-43(73)32(61-42(72)29(5)53)18-12-20-59-51(55)56/h6-11,14-17,27-29,32-38,41H,12-13,18-26,53H2,1-5H3,(H2,54,69)(H,61,72)(H,62,75)(H,63,78)(H,64,73)(H,65,74)(H,66,76)(H,67,77)(H,68,79)(H,70,71)(H,80,81)(H4,55,56,59)(H4,57,58,60)/t29-,32-,33-,34-,35-,36-,37-,38-,41-/m0/s1. The first-order chi connectivity index (χ1) is 38.1. The smallest absolute Gasteiger partial charge is 0.326 e. The Morgan fingerprint density at radius 3 is 1.17 bits per heavy atom. The summed E-state index contributed by atoms with van der Waals surface area (Å²) in [6.07, 6.45) is -2.33. The molecule has 29 nitrogen and oxygen atoms in total. The van der Waals surface area contributed by atoms with Gasteiger partial charge in [-0.3, -0.25) is 57.9 Å². The fourth-order valence-corrected chi connectivity index (χ4v) is 7.86. The van der Waals surface area contributed by atoms with Crippen molar-refractivity contribution in [1.29, 1.82) is 0 Å². The van der Waals surface area contributed by atoms with Gasteiger partial charge >= 0.3 is 11.9 Å². The number of rotatable bonds is 36.